The van der Waals surface area contributed by atoms with Gasteiger partial charge in [-0.25, -0.2) is 0 Å². The van der Waals surface area contributed by atoms with E-state index in [1.165, 1.54) is 0 Å². The number of halogens is 1. The van der Waals surface area contributed by atoms with Crippen molar-refractivity contribution in [1.82, 2.24) is 0 Å². The van der Waals surface area contributed by atoms with Crippen molar-refractivity contribution in [1.29, 1.82) is 0 Å². The smallest absolute Gasteiger partial charge is 0.235 e. The lowest BCUT2D eigenvalue weighted by molar-refractivity contribution is -0.122. The van der Waals surface area contributed by atoms with Crippen molar-refractivity contribution < 1.29 is 9.53 Å². The highest BCUT2D eigenvalue weighted by Crippen LogP contribution is 2.43. The summed E-state index contributed by atoms with van der Waals surface area (Å²) in [6.45, 7) is 2.85. The first-order valence-corrected chi connectivity index (χ1v) is 11.7. The molecule has 1 fully saturated rings. The largest absolute Gasteiger partial charge is 0.493 e. The zero-order valence-corrected chi connectivity index (χ0v) is 18.9. The topological polar surface area (TPSA) is 38.3 Å². The number of hydrogen-bond acceptors (Lipinski definition) is 2. The number of rotatable bonds is 7. The summed E-state index contributed by atoms with van der Waals surface area (Å²) in [5, 5.41) is 5.95. The average molecular weight is 436 g/mol. The first-order valence-electron chi connectivity index (χ1n) is 11.4. The van der Waals surface area contributed by atoms with Crippen molar-refractivity contribution in [3.05, 3.63) is 71.2 Å². The van der Waals surface area contributed by atoms with Gasteiger partial charge in [-0.3, -0.25) is 4.79 Å². The zero-order chi connectivity index (χ0) is 21.7. The molecular weight excluding hydrogens is 406 g/mol. The fourth-order valence-electron chi connectivity index (χ4n) is 4.70. The number of amides is 1. The van der Waals surface area contributed by atoms with Crippen molar-refractivity contribution in [3.63, 3.8) is 0 Å². The molecule has 0 radical (unpaired) electrons. The molecule has 3 nitrogen and oxygen atoms in total. The molecule has 1 aliphatic carbocycles. The van der Waals surface area contributed by atoms with Gasteiger partial charge < -0.3 is 10.1 Å². The highest BCUT2D eigenvalue weighted by Gasteiger charge is 2.42. The Morgan fingerprint density at radius 3 is 2.42 bits per heavy atom. The Hall–Kier alpha value is -2.52. The number of carbonyl (C=O) groups excluding carboxylic acids is 1. The molecule has 162 valence electrons. The Labute approximate surface area is 189 Å². The molecule has 1 amide bonds. The predicted molar refractivity (Wildman–Crippen MR) is 129 cm³/mol. The minimum atomic E-state index is -0.589. The third-order valence-electron chi connectivity index (χ3n) is 6.42. The number of hydrogen-bond donors (Lipinski definition) is 1. The predicted octanol–water partition coefficient (Wildman–Crippen LogP) is 7.51. The summed E-state index contributed by atoms with van der Waals surface area (Å²) >= 11 is 6.57. The van der Waals surface area contributed by atoms with Crippen LogP contribution in [0.15, 0.2) is 60.7 Å². The number of unbranched alkanes of at least 4 members (excludes halogenated alkanes) is 1. The number of fused-ring (bicyclic) bond motifs is 1. The molecule has 31 heavy (non-hydrogen) atoms. The molecule has 1 aliphatic rings. The third-order valence-corrected chi connectivity index (χ3v) is 6.75. The van der Waals surface area contributed by atoms with Crippen LogP contribution in [0.4, 0.5) is 5.69 Å². The van der Waals surface area contributed by atoms with Crippen LogP contribution >= 0.6 is 11.6 Å². The number of ether oxygens (including phenoxy) is 1. The molecule has 0 aliphatic heterocycles. The second-order valence-corrected chi connectivity index (χ2v) is 8.84. The standard InChI is InChI=1S/C27H30ClNO2/c1-2-3-19-31-25-16-15-24(20-11-5-6-12-21(20)25)29-26(30)27(17-9-4-10-18-27)22-13-7-8-14-23(22)28/h5-8,11-16H,2-4,9-10,17-19H2,1H3,(H,29,30). The quantitative estimate of drug-likeness (QED) is 0.390. The molecule has 1 saturated carbocycles. The van der Waals surface area contributed by atoms with Gasteiger partial charge in [0.1, 0.15) is 5.75 Å². The van der Waals surface area contributed by atoms with E-state index in [0.29, 0.717) is 11.6 Å². The fourth-order valence-corrected chi connectivity index (χ4v) is 5.01. The van der Waals surface area contributed by atoms with Gasteiger partial charge in [0.25, 0.3) is 0 Å². The van der Waals surface area contributed by atoms with Crippen LogP contribution in [0.3, 0.4) is 0 Å². The van der Waals surface area contributed by atoms with Crippen molar-refractivity contribution in [2.45, 2.75) is 57.3 Å². The third kappa shape index (κ3) is 4.43. The maximum Gasteiger partial charge on any atom is 0.235 e. The molecule has 4 rings (SSSR count). The van der Waals surface area contributed by atoms with E-state index in [4.69, 9.17) is 16.3 Å². The summed E-state index contributed by atoms with van der Waals surface area (Å²) in [7, 11) is 0. The highest BCUT2D eigenvalue weighted by atomic mass is 35.5. The van der Waals surface area contributed by atoms with E-state index in [2.05, 4.69) is 18.3 Å². The number of anilines is 1. The van der Waals surface area contributed by atoms with Crippen molar-refractivity contribution in [3.8, 4) is 5.75 Å². The lowest BCUT2D eigenvalue weighted by Gasteiger charge is -2.37. The second kappa shape index (κ2) is 9.74. The molecule has 0 heterocycles. The number of nitrogens with one attached hydrogen (secondary N) is 1. The molecule has 0 unspecified atom stereocenters. The summed E-state index contributed by atoms with van der Waals surface area (Å²) in [4.78, 5) is 13.8. The summed E-state index contributed by atoms with van der Waals surface area (Å²) in [6.07, 6.45) is 6.97. The number of carbonyl (C=O) groups is 1. The van der Waals surface area contributed by atoms with E-state index < -0.39 is 5.41 Å². The van der Waals surface area contributed by atoms with Gasteiger partial charge in [0.15, 0.2) is 0 Å². The molecule has 0 spiro atoms. The van der Waals surface area contributed by atoms with Gasteiger partial charge in [0.05, 0.1) is 12.0 Å². The van der Waals surface area contributed by atoms with Gasteiger partial charge >= 0.3 is 0 Å². The molecular formula is C27H30ClNO2. The Morgan fingerprint density at radius 2 is 1.68 bits per heavy atom. The van der Waals surface area contributed by atoms with E-state index in [1.807, 2.05) is 54.6 Å². The van der Waals surface area contributed by atoms with Crippen molar-refractivity contribution >= 4 is 34.0 Å². The first kappa shape index (κ1) is 21.7. The summed E-state index contributed by atoms with van der Waals surface area (Å²) in [5.41, 5.74) is 1.17. The monoisotopic (exact) mass is 435 g/mol. The molecule has 1 N–H and O–H groups in total. The van der Waals surface area contributed by atoms with Crippen LogP contribution in [-0.4, -0.2) is 12.5 Å². The molecule has 0 atom stereocenters. The number of benzene rings is 3. The van der Waals surface area contributed by atoms with Crippen LogP contribution in [0, 0.1) is 0 Å². The second-order valence-electron chi connectivity index (χ2n) is 8.44. The molecule has 0 bridgehead atoms. The fraction of sp³-hybridized carbons (Fsp3) is 0.370. The highest BCUT2D eigenvalue weighted by molar-refractivity contribution is 6.32. The maximum absolute atomic E-state index is 13.8. The minimum Gasteiger partial charge on any atom is -0.493 e. The van der Waals surface area contributed by atoms with Crippen LogP contribution in [-0.2, 0) is 10.2 Å². The normalized spacial score (nSPS) is 15.5. The lowest BCUT2D eigenvalue weighted by Crippen LogP contribution is -2.42. The minimum absolute atomic E-state index is 0.0325. The molecule has 3 aromatic carbocycles. The van der Waals surface area contributed by atoms with Crippen LogP contribution in [0.1, 0.15) is 57.4 Å². The summed E-state index contributed by atoms with van der Waals surface area (Å²) < 4.78 is 6.01. The van der Waals surface area contributed by atoms with Gasteiger partial charge in [-0.1, -0.05) is 86.7 Å². The van der Waals surface area contributed by atoms with Gasteiger partial charge in [0.2, 0.25) is 5.91 Å². The SMILES string of the molecule is CCCCOc1ccc(NC(=O)C2(c3ccccc3Cl)CCCCC2)c2ccccc12. The lowest BCUT2D eigenvalue weighted by atomic mass is 9.68. The van der Waals surface area contributed by atoms with Crippen LogP contribution in [0.25, 0.3) is 10.8 Å². The van der Waals surface area contributed by atoms with E-state index >= 15 is 0 Å². The van der Waals surface area contributed by atoms with E-state index in [1.54, 1.807) is 0 Å². The van der Waals surface area contributed by atoms with E-state index in [9.17, 15) is 4.79 Å². The molecule has 3 aromatic rings. The van der Waals surface area contributed by atoms with Gasteiger partial charge in [-0.2, -0.15) is 0 Å². The van der Waals surface area contributed by atoms with Crippen LogP contribution in [0.5, 0.6) is 5.75 Å². The molecule has 0 saturated heterocycles. The van der Waals surface area contributed by atoms with Gasteiger partial charge in [0, 0.05) is 21.5 Å². The molecule has 4 heteroatoms. The Morgan fingerprint density at radius 1 is 0.968 bits per heavy atom. The van der Waals surface area contributed by atoms with E-state index in [-0.39, 0.29) is 5.91 Å². The van der Waals surface area contributed by atoms with Crippen LogP contribution in [0.2, 0.25) is 5.02 Å². The van der Waals surface area contributed by atoms with Gasteiger partial charge in [-0.05, 0) is 43.0 Å². The van der Waals surface area contributed by atoms with E-state index in [0.717, 1.165) is 72.7 Å². The Kier molecular flexibility index (Phi) is 6.82. The van der Waals surface area contributed by atoms with Gasteiger partial charge in [-0.15, -0.1) is 0 Å². The average Bonchev–Trinajstić information content (AvgIpc) is 2.81. The Bertz CT molecular complexity index is 1060. The summed E-state index contributed by atoms with van der Waals surface area (Å²) in [5.74, 6) is 0.894. The first-order chi connectivity index (χ1) is 15.2. The molecule has 0 aromatic heterocycles. The maximum atomic E-state index is 13.8. The zero-order valence-electron chi connectivity index (χ0n) is 18.1. The van der Waals surface area contributed by atoms with Crippen molar-refractivity contribution in [2.24, 2.45) is 0 Å². The van der Waals surface area contributed by atoms with Crippen LogP contribution < -0.4 is 10.1 Å². The Balaban J connectivity index is 1.68. The van der Waals surface area contributed by atoms with Crippen molar-refractivity contribution in [2.75, 3.05) is 11.9 Å². The summed E-state index contributed by atoms with van der Waals surface area (Å²) in [6, 6.07) is 19.8.